The number of benzene rings is 3. The van der Waals surface area contributed by atoms with E-state index in [1.165, 1.54) is 0 Å². The van der Waals surface area contributed by atoms with Gasteiger partial charge in [0.25, 0.3) is 0 Å². The first kappa shape index (κ1) is 24.3. The van der Waals surface area contributed by atoms with Crippen LogP contribution in [0.4, 0.5) is 0 Å². The molecule has 0 saturated heterocycles. The average molecular weight is 443 g/mol. The number of ketones is 1. The van der Waals surface area contributed by atoms with Gasteiger partial charge >= 0.3 is 0 Å². The van der Waals surface area contributed by atoms with Crippen molar-refractivity contribution in [3.05, 3.63) is 102 Å². The van der Waals surface area contributed by atoms with Crippen LogP contribution in [0.15, 0.2) is 84.9 Å². The lowest BCUT2D eigenvalue weighted by atomic mass is 10.1. The van der Waals surface area contributed by atoms with E-state index in [-0.39, 0.29) is 5.78 Å². The summed E-state index contributed by atoms with van der Waals surface area (Å²) in [4.78, 5) is 11.0. The smallest absolute Gasteiger partial charge is 0.162 e. The highest BCUT2D eigenvalue weighted by molar-refractivity contribution is 5.75. The van der Waals surface area contributed by atoms with E-state index in [1.807, 2.05) is 48.5 Å². The Hall–Kier alpha value is -3.33. The van der Waals surface area contributed by atoms with Crippen LogP contribution in [0.5, 0.6) is 11.5 Å². The van der Waals surface area contributed by atoms with Crippen molar-refractivity contribution in [1.82, 2.24) is 0 Å². The molecule has 0 saturated carbocycles. The van der Waals surface area contributed by atoms with Crippen LogP contribution < -0.4 is 9.47 Å². The van der Waals surface area contributed by atoms with Crippen LogP contribution in [0.3, 0.4) is 0 Å². The molecule has 33 heavy (non-hydrogen) atoms. The van der Waals surface area contributed by atoms with Crippen molar-refractivity contribution in [2.24, 2.45) is 0 Å². The summed E-state index contributed by atoms with van der Waals surface area (Å²) in [6, 6.07) is 26.4. The Morgan fingerprint density at radius 1 is 0.727 bits per heavy atom. The molecule has 0 amide bonds. The van der Waals surface area contributed by atoms with Crippen molar-refractivity contribution in [3.63, 3.8) is 0 Å². The number of carbonyl (C=O) groups is 1. The predicted octanol–water partition coefficient (Wildman–Crippen LogP) is 7.79. The molecule has 172 valence electrons. The number of rotatable bonds is 14. The second-order valence-electron chi connectivity index (χ2n) is 8.31. The number of unbranched alkanes of at least 4 members (excludes halogenated alkanes) is 4. The molecular formula is C30H34O3. The number of ether oxygens (including phenoxy) is 2. The Balaban J connectivity index is 1.58. The third-order valence-electron chi connectivity index (χ3n) is 5.40. The minimum absolute atomic E-state index is 0.288. The quantitative estimate of drug-likeness (QED) is 0.239. The summed E-state index contributed by atoms with van der Waals surface area (Å²) in [6.45, 7) is 2.66. The highest BCUT2D eigenvalue weighted by Gasteiger charge is 2.07. The van der Waals surface area contributed by atoms with Crippen LogP contribution in [0.2, 0.25) is 0 Å². The van der Waals surface area contributed by atoms with Gasteiger partial charge in [0.2, 0.25) is 0 Å². The summed E-state index contributed by atoms with van der Waals surface area (Å²) in [7, 11) is 0. The standard InChI is InChI=1S/C30H34O3/c1-25(31)14-8-4-2-3-5-9-15-26-20-21-29(32-23-27-16-10-6-11-17-27)30(22-26)33-24-28-18-12-7-13-19-28/h6-7,9-13,15-22H,2-5,8,14,23-24H2,1H3/b15-9+. The fourth-order valence-corrected chi connectivity index (χ4v) is 3.54. The molecule has 0 bridgehead atoms. The summed E-state index contributed by atoms with van der Waals surface area (Å²) >= 11 is 0. The maximum Gasteiger partial charge on any atom is 0.162 e. The first-order valence-corrected chi connectivity index (χ1v) is 11.8. The fraction of sp³-hybridized carbons (Fsp3) is 0.300. The maximum atomic E-state index is 11.0. The molecule has 0 aliphatic carbocycles. The first-order chi connectivity index (χ1) is 16.2. The van der Waals surface area contributed by atoms with Crippen molar-refractivity contribution >= 4 is 11.9 Å². The maximum absolute atomic E-state index is 11.0. The largest absolute Gasteiger partial charge is 0.485 e. The normalized spacial score (nSPS) is 10.9. The molecule has 0 aromatic heterocycles. The molecule has 0 spiro atoms. The fourth-order valence-electron chi connectivity index (χ4n) is 3.54. The van der Waals surface area contributed by atoms with Gasteiger partial charge in [0, 0.05) is 6.42 Å². The summed E-state index contributed by atoms with van der Waals surface area (Å²) in [5.74, 6) is 1.79. The Labute approximate surface area is 198 Å². The van der Waals surface area contributed by atoms with Crippen molar-refractivity contribution in [2.45, 2.75) is 58.7 Å². The lowest BCUT2D eigenvalue weighted by Crippen LogP contribution is -2.00. The van der Waals surface area contributed by atoms with E-state index in [0.717, 1.165) is 60.3 Å². The third kappa shape index (κ3) is 9.36. The molecule has 0 aliphatic heterocycles. The van der Waals surface area contributed by atoms with Gasteiger partial charge in [0.05, 0.1) is 0 Å². The summed E-state index contributed by atoms with van der Waals surface area (Å²) in [5.41, 5.74) is 3.35. The Bertz CT molecular complexity index is 994. The summed E-state index contributed by atoms with van der Waals surface area (Å²) in [5, 5.41) is 0. The first-order valence-electron chi connectivity index (χ1n) is 11.8. The zero-order chi connectivity index (χ0) is 23.1. The van der Waals surface area contributed by atoms with Crippen LogP contribution in [0, 0.1) is 0 Å². The highest BCUT2D eigenvalue weighted by Crippen LogP contribution is 2.30. The Morgan fingerprint density at radius 2 is 1.33 bits per heavy atom. The molecule has 3 aromatic carbocycles. The summed E-state index contributed by atoms with van der Waals surface area (Å²) < 4.78 is 12.2. The average Bonchev–Trinajstić information content (AvgIpc) is 2.84. The van der Waals surface area contributed by atoms with E-state index in [1.54, 1.807) is 6.92 Å². The van der Waals surface area contributed by atoms with E-state index in [9.17, 15) is 4.79 Å². The molecule has 3 nitrogen and oxygen atoms in total. The van der Waals surface area contributed by atoms with Crippen LogP contribution in [0.25, 0.3) is 6.08 Å². The number of hydrogen-bond donors (Lipinski definition) is 0. The zero-order valence-corrected chi connectivity index (χ0v) is 19.5. The monoisotopic (exact) mass is 442 g/mol. The molecule has 0 aliphatic rings. The van der Waals surface area contributed by atoms with Crippen LogP contribution >= 0.6 is 0 Å². The number of carbonyl (C=O) groups excluding carboxylic acids is 1. The summed E-state index contributed by atoms with van der Waals surface area (Å²) in [6.07, 6.45) is 10.5. The highest BCUT2D eigenvalue weighted by atomic mass is 16.5. The Kier molecular flexibility index (Phi) is 10.3. The van der Waals surface area contributed by atoms with Gasteiger partial charge in [-0.1, -0.05) is 91.7 Å². The molecule has 3 heteroatoms. The molecule has 0 fully saturated rings. The van der Waals surface area contributed by atoms with E-state index < -0.39 is 0 Å². The predicted molar refractivity (Wildman–Crippen MR) is 135 cm³/mol. The third-order valence-corrected chi connectivity index (χ3v) is 5.40. The van der Waals surface area contributed by atoms with Crippen molar-refractivity contribution in [3.8, 4) is 11.5 Å². The number of Topliss-reactive ketones (excluding diaryl/α,β-unsaturated/α-hetero) is 1. The van der Waals surface area contributed by atoms with E-state index in [2.05, 4.69) is 42.5 Å². The molecule has 0 atom stereocenters. The minimum atomic E-state index is 0.288. The lowest BCUT2D eigenvalue weighted by molar-refractivity contribution is -0.117. The second kappa shape index (κ2) is 13.9. The van der Waals surface area contributed by atoms with Gasteiger partial charge in [0.1, 0.15) is 19.0 Å². The molecule has 0 unspecified atom stereocenters. The van der Waals surface area contributed by atoms with Gasteiger partial charge in [-0.25, -0.2) is 0 Å². The molecule has 0 radical (unpaired) electrons. The molecule has 0 heterocycles. The van der Waals surface area contributed by atoms with Gasteiger partial charge in [-0.15, -0.1) is 0 Å². The van der Waals surface area contributed by atoms with E-state index >= 15 is 0 Å². The van der Waals surface area contributed by atoms with Gasteiger partial charge < -0.3 is 14.3 Å². The second-order valence-corrected chi connectivity index (χ2v) is 8.31. The number of allylic oxidation sites excluding steroid dienone is 1. The topological polar surface area (TPSA) is 35.5 Å². The molecule has 0 N–H and O–H groups in total. The van der Waals surface area contributed by atoms with Crippen LogP contribution in [-0.4, -0.2) is 5.78 Å². The molecule has 3 rings (SSSR count). The molecular weight excluding hydrogens is 408 g/mol. The van der Waals surface area contributed by atoms with Gasteiger partial charge in [-0.05, 0) is 55.0 Å². The molecule has 3 aromatic rings. The van der Waals surface area contributed by atoms with Crippen molar-refractivity contribution < 1.29 is 14.3 Å². The lowest BCUT2D eigenvalue weighted by Gasteiger charge is -2.14. The van der Waals surface area contributed by atoms with E-state index in [0.29, 0.717) is 19.6 Å². The minimum Gasteiger partial charge on any atom is -0.485 e. The van der Waals surface area contributed by atoms with Gasteiger partial charge in [-0.2, -0.15) is 0 Å². The number of hydrogen-bond acceptors (Lipinski definition) is 3. The SMILES string of the molecule is CC(=O)CCCCCC/C=C/c1ccc(OCc2ccccc2)c(OCc2ccccc2)c1. The van der Waals surface area contributed by atoms with Crippen LogP contribution in [0.1, 0.15) is 62.1 Å². The van der Waals surface area contributed by atoms with Gasteiger partial charge in [0.15, 0.2) is 11.5 Å². The van der Waals surface area contributed by atoms with Crippen molar-refractivity contribution in [2.75, 3.05) is 0 Å². The van der Waals surface area contributed by atoms with E-state index in [4.69, 9.17) is 9.47 Å². The zero-order valence-electron chi connectivity index (χ0n) is 19.5. The van der Waals surface area contributed by atoms with Gasteiger partial charge in [-0.3, -0.25) is 0 Å². The van der Waals surface area contributed by atoms with Crippen molar-refractivity contribution in [1.29, 1.82) is 0 Å². The Morgan fingerprint density at radius 3 is 1.97 bits per heavy atom. The van der Waals surface area contributed by atoms with Crippen LogP contribution in [-0.2, 0) is 18.0 Å².